The number of hydrogen-bond acceptors (Lipinski definition) is 6. The minimum absolute atomic E-state index is 0.0109. The van der Waals surface area contributed by atoms with Crippen LogP contribution in [0, 0.1) is 11.3 Å². The second kappa shape index (κ2) is 4.75. The van der Waals surface area contributed by atoms with Gasteiger partial charge in [0.1, 0.15) is 10.4 Å². The van der Waals surface area contributed by atoms with Crippen LogP contribution in [0.25, 0.3) is 11.0 Å². The number of benzene rings is 1. The number of aliphatic carboxylic acids is 1. The van der Waals surface area contributed by atoms with Crippen molar-refractivity contribution in [1.82, 2.24) is 14.6 Å². The minimum Gasteiger partial charge on any atom is -0.481 e. The zero-order valence-electron chi connectivity index (χ0n) is 12.2. The number of fused-ring (bicyclic) bond motifs is 2. The summed E-state index contributed by atoms with van der Waals surface area (Å²) in [7, 11) is -3.84. The third kappa shape index (κ3) is 1.93. The van der Waals surface area contributed by atoms with Gasteiger partial charge in [0.15, 0.2) is 5.52 Å². The van der Waals surface area contributed by atoms with Crippen LogP contribution >= 0.6 is 0 Å². The van der Waals surface area contributed by atoms with E-state index >= 15 is 0 Å². The number of hydrogen-bond donors (Lipinski definition) is 1. The molecule has 9 heteroatoms. The minimum atomic E-state index is -3.84. The second-order valence-corrected chi connectivity index (χ2v) is 8.14. The number of carboxylic acid groups (broad SMARTS) is 1. The Bertz CT molecular complexity index is 893. The number of rotatable bonds is 3. The Hall–Kier alpha value is -2.00. The Balaban J connectivity index is 1.76. The molecule has 0 radical (unpaired) electrons. The summed E-state index contributed by atoms with van der Waals surface area (Å²) >= 11 is 0. The standard InChI is InChI=1S/C14H15N3O5S/c18-13(19)14-6-2-3-9(14)7-17(8-14)23(20,21)11-5-1-4-10-12(11)16-22-15-10/h1,4-5,9H,2-3,6-8H2,(H,18,19)/t9-,14+/m0/s1. The Morgan fingerprint density at radius 2 is 2.22 bits per heavy atom. The van der Waals surface area contributed by atoms with Crippen molar-refractivity contribution >= 4 is 27.0 Å². The van der Waals surface area contributed by atoms with Crippen LogP contribution in [0.15, 0.2) is 27.7 Å². The van der Waals surface area contributed by atoms with Crippen LogP contribution in [0.5, 0.6) is 0 Å². The molecule has 122 valence electrons. The molecule has 1 saturated carbocycles. The SMILES string of the molecule is O=C(O)[C@@]12CCC[C@H]1CN(S(=O)(=O)c1cccc3nonc13)C2. The van der Waals surface area contributed by atoms with E-state index in [0.29, 0.717) is 11.9 Å². The lowest BCUT2D eigenvalue weighted by molar-refractivity contribution is -0.149. The molecule has 0 bridgehead atoms. The monoisotopic (exact) mass is 337 g/mol. The molecule has 1 saturated heterocycles. The zero-order valence-corrected chi connectivity index (χ0v) is 13.0. The van der Waals surface area contributed by atoms with Crippen molar-refractivity contribution < 1.29 is 22.9 Å². The molecule has 1 N–H and O–H groups in total. The second-order valence-electron chi connectivity index (χ2n) is 6.24. The van der Waals surface area contributed by atoms with Gasteiger partial charge in [-0.15, -0.1) is 0 Å². The molecule has 2 atom stereocenters. The fourth-order valence-electron chi connectivity index (χ4n) is 3.90. The highest BCUT2D eigenvalue weighted by Gasteiger charge is 2.57. The van der Waals surface area contributed by atoms with Crippen molar-refractivity contribution in [3.63, 3.8) is 0 Å². The lowest BCUT2D eigenvalue weighted by Crippen LogP contribution is -2.37. The van der Waals surface area contributed by atoms with E-state index in [-0.39, 0.29) is 29.4 Å². The molecule has 2 fully saturated rings. The summed E-state index contributed by atoms with van der Waals surface area (Å²) in [6.45, 7) is 0.243. The third-order valence-corrected chi connectivity index (χ3v) is 6.98. The number of carbonyl (C=O) groups is 1. The van der Waals surface area contributed by atoms with Gasteiger partial charge in [-0.2, -0.15) is 4.31 Å². The van der Waals surface area contributed by atoms with Crippen LogP contribution in [0.2, 0.25) is 0 Å². The van der Waals surface area contributed by atoms with Gasteiger partial charge in [-0.05, 0) is 41.2 Å². The van der Waals surface area contributed by atoms with E-state index in [9.17, 15) is 18.3 Å². The quantitative estimate of drug-likeness (QED) is 0.892. The van der Waals surface area contributed by atoms with Crippen molar-refractivity contribution in [2.75, 3.05) is 13.1 Å². The molecule has 0 amide bonds. The summed E-state index contributed by atoms with van der Waals surface area (Å²) in [5, 5.41) is 16.9. The van der Waals surface area contributed by atoms with Gasteiger partial charge in [0.25, 0.3) is 0 Å². The number of sulfonamides is 1. The molecule has 2 heterocycles. The normalized spacial score (nSPS) is 28.3. The maximum absolute atomic E-state index is 13.0. The summed E-state index contributed by atoms with van der Waals surface area (Å²) in [5.74, 6) is -1.04. The lowest BCUT2D eigenvalue weighted by Gasteiger charge is -2.23. The van der Waals surface area contributed by atoms with Crippen LogP contribution in [-0.2, 0) is 14.8 Å². The van der Waals surface area contributed by atoms with Crippen molar-refractivity contribution in [2.45, 2.75) is 24.2 Å². The first kappa shape index (κ1) is 14.6. The Kier molecular flexibility index (Phi) is 3.01. The van der Waals surface area contributed by atoms with E-state index in [1.807, 2.05) is 0 Å². The van der Waals surface area contributed by atoms with Crippen molar-refractivity contribution in [1.29, 1.82) is 0 Å². The molecule has 2 aliphatic rings. The van der Waals surface area contributed by atoms with E-state index in [4.69, 9.17) is 0 Å². The van der Waals surface area contributed by atoms with Gasteiger partial charge in [0, 0.05) is 13.1 Å². The maximum Gasteiger partial charge on any atom is 0.311 e. The topological polar surface area (TPSA) is 114 Å². The van der Waals surface area contributed by atoms with Crippen molar-refractivity contribution in [2.24, 2.45) is 11.3 Å². The fourth-order valence-corrected chi connectivity index (χ4v) is 5.60. The lowest BCUT2D eigenvalue weighted by atomic mass is 9.81. The van der Waals surface area contributed by atoms with Crippen LogP contribution in [0.1, 0.15) is 19.3 Å². The molecule has 1 aliphatic carbocycles. The van der Waals surface area contributed by atoms with Crippen LogP contribution in [-0.4, -0.2) is 47.2 Å². The van der Waals surface area contributed by atoms with E-state index in [0.717, 1.165) is 12.8 Å². The van der Waals surface area contributed by atoms with E-state index in [1.54, 1.807) is 12.1 Å². The van der Waals surface area contributed by atoms with Gasteiger partial charge < -0.3 is 5.11 Å². The first-order valence-corrected chi connectivity index (χ1v) is 8.84. The van der Waals surface area contributed by atoms with Gasteiger partial charge in [-0.1, -0.05) is 12.5 Å². The molecule has 4 rings (SSSR count). The van der Waals surface area contributed by atoms with Gasteiger partial charge >= 0.3 is 5.97 Å². The van der Waals surface area contributed by atoms with Gasteiger partial charge in [0.2, 0.25) is 10.0 Å². The summed E-state index contributed by atoms with van der Waals surface area (Å²) in [6, 6.07) is 4.63. The molecule has 23 heavy (non-hydrogen) atoms. The molecular formula is C14H15N3O5S. The van der Waals surface area contributed by atoms with Gasteiger partial charge in [-0.25, -0.2) is 13.0 Å². The molecule has 1 aliphatic heterocycles. The Morgan fingerprint density at radius 3 is 2.96 bits per heavy atom. The summed E-state index contributed by atoms with van der Waals surface area (Å²) < 4.78 is 31.8. The maximum atomic E-state index is 13.0. The largest absolute Gasteiger partial charge is 0.481 e. The van der Waals surface area contributed by atoms with Crippen LogP contribution < -0.4 is 0 Å². The zero-order chi connectivity index (χ0) is 16.2. The highest BCUT2D eigenvalue weighted by atomic mass is 32.2. The molecule has 8 nitrogen and oxygen atoms in total. The first-order valence-electron chi connectivity index (χ1n) is 7.40. The first-order chi connectivity index (χ1) is 10.9. The smallest absolute Gasteiger partial charge is 0.311 e. The number of nitrogens with zero attached hydrogens (tertiary/aromatic N) is 3. The average molecular weight is 337 g/mol. The molecule has 1 aromatic heterocycles. The summed E-state index contributed by atoms with van der Waals surface area (Å²) in [4.78, 5) is 11.7. The summed E-state index contributed by atoms with van der Waals surface area (Å²) in [6.07, 6.45) is 2.09. The third-order valence-electron chi connectivity index (χ3n) is 5.13. The molecular weight excluding hydrogens is 322 g/mol. The van der Waals surface area contributed by atoms with E-state index in [1.165, 1.54) is 10.4 Å². The summed E-state index contributed by atoms with van der Waals surface area (Å²) in [5.41, 5.74) is -0.421. The van der Waals surface area contributed by atoms with Crippen LogP contribution in [0.4, 0.5) is 0 Å². The highest BCUT2D eigenvalue weighted by molar-refractivity contribution is 7.89. The van der Waals surface area contributed by atoms with Crippen molar-refractivity contribution in [3.8, 4) is 0 Å². The fraction of sp³-hybridized carbons (Fsp3) is 0.500. The van der Waals surface area contributed by atoms with Crippen molar-refractivity contribution in [3.05, 3.63) is 18.2 Å². The number of carboxylic acids is 1. The molecule has 0 unspecified atom stereocenters. The molecule has 1 aromatic carbocycles. The number of aromatic nitrogens is 2. The average Bonchev–Trinajstić information content (AvgIpc) is 3.19. The van der Waals surface area contributed by atoms with E-state index < -0.39 is 21.4 Å². The molecule has 2 aromatic rings. The van der Waals surface area contributed by atoms with Gasteiger partial charge in [0.05, 0.1) is 5.41 Å². The Labute approximate surface area is 132 Å². The highest BCUT2D eigenvalue weighted by Crippen LogP contribution is 2.50. The Morgan fingerprint density at radius 1 is 1.39 bits per heavy atom. The molecule has 0 spiro atoms. The van der Waals surface area contributed by atoms with E-state index in [2.05, 4.69) is 14.9 Å². The van der Waals surface area contributed by atoms with Gasteiger partial charge in [-0.3, -0.25) is 4.79 Å². The predicted octanol–water partition coefficient (Wildman–Crippen LogP) is 1.10. The predicted molar refractivity (Wildman–Crippen MR) is 78.0 cm³/mol. The van der Waals surface area contributed by atoms with Crippen LogP contribution in [0.3, 0.4) is 0 Å².